The molecule has 3 heteroatoms. The maximum Gasteiger partial charge on any atom is 0.0991 e. The van der Waals surface area contributed by atoms with Crippen LogP contribution in [-0.4, -0.2) is 17.8 Å². The van der Waals surface area contributed by atoms with Crippen LogP contribution in [0.1, 0.15) is 24.5 Å². The maximum atomic E-state index is 9.15. The molecule has 0 aliphatic heterocycles. The Morgan fingerprint density at radius 2 is 2.29 bits per heavy atom. The van der Waals surface area contributed by atoms with Crippen LogP contribution in [0.15, 0.2) is 24.3 Å². The SMILES string of the molecule is CC#CCC(CO)NCc1cccc(C#N)c1. The lowest BCUT2D eigenvalue weighted by Crippen LogP contribution is -2.31. The van der Waals surface area contributed by atoms with Gasteiger partial charge in [-0.2, -0.15) is 5.26 Å². The first-order valence-corrected chi connectivity index (χ1v) is 5.53. The van der Waals surface area contributed by atoms with E-state index in [1.807, 2.05) is 18.2 Å². The van der Waals surface area contributed by atoms with Gasteiger partial charge >= 0.3 is 0 Å². The van der Waals surface area contributed by atoms with Gasteiger partial charge in [-0.1, -0.05) is 12.1 Å². The number of aliphatic hydroxyl groups is 1. The van der Waals surface area contributed by atoms with Crippen molar-refractivity contribution in [3.63, 3.8) is 0 Å². The highest BCUT2D eigenvalue weighted by Crippen LogP contribution is 2.04. The zero-order chi connectivity index (χ0) is 12.5. The van der Waals surface area contributed by atoms with Crippen LogP contribution in [0.4, 0.5) is 0 Å². The average molecular weight is 228 g/mol. The zero-order valence-corrected chi connectivity index (χ0v) is 9.90. The number of nitrogens with zero attached hydrogens (tertiary/aromatic N) is 1. The number of hydrogen-bond acceptors (Lipinski definition) is 3. The molecule has 1 atom stereocenters. The largest absolute Gasteiger partial charge is 0.395 e. The van der Waals surface area contributed by atoms with Crippen LogP contribution in [0.2, 0.25) is 0 Å². The quantitative estimate of drug-likeness (QED) is 0.749. The van der Waals surface area contributed by atoms with Gasteiger partial charge in [0.1, 0.15) is 0 Å². The first-order valence-electron chi connectivity index (χ1n) is 5.53. The van der Waals surface area contributed by atoms with Gasteiger partial charge in [-0.3, -0.25) is 0 Å². The van der Waals surface area contributed by atoms with Crippen molar-refractivity contribution in [2.45, 2.75) is 25.9 Å². The van der Waals surface area contributed by atoms with Crippen molar-refractivity contribution in [2.75, 3.05) is 6.61 Å². The van der Waals surface area contributed by atoms with E-state index in [0.717, 1.165) is 5.56 Å². The predicted molar refractivity (Wildman–Crippen MR) is 66.9 cm³/mol. The van der Waals surface area contributed by atoms with E-state index in [0.29, 0.717) is 18.5 Å². The third-order valence-corrected chi connectivity index (χ3v) is 2.40. The van der Waals surface area contributed by atoms with Crippen molar-refractivity contribution in [1.29, 1.82) is 5.26 Å². The molecule has 0 radical (unpaired) electrons. The lowest BCUT2D eigenvalue weighted by atomic mass is 10.1. The molecule has 0 saturated carbocycles. The smallest absolute Gasteiger partial charge is 0.0991 e. The van der Waals surface area contributed by atoms with E-state index < -0.39 is 0 Å². The Labute approximate surface area is 102 Å². The molecule has 0 fully saturated rings. The molecule has 1 unspecified atom stereocenters. The number of rotatable bonds is 5. The fourth-order valence-electron chi connectivity index (χ4n) is 1.44. The summed E-state index contributed by atoms with van der Waals surface area (Å²) in [7, 11) is 0. The minimum Gasteiger partial charge on any atom is -0.395 e. The molecule has 88 valence electrons. The van der Waals surface area contributed by atoms with Gasteiger partial charge in [-0.15, -0.1) is 11.8 Å². The fourth-order valence-corrected chi connectivity index (χ4v) is 1.44. The Balaban J connectivity index is 2.52. The van der Waals surface area contributed by atoms with Gasteiger partial charge < -0.3 is 10.4 Å². The zero-order valence-electron chi connectivity index (χ0n) is 9.90. The van der Waals surface area contributed by atoms with Crippen molar-refractivity contribution in [3.8, 4) is 17.9 Å². The minimum atomic E-state index is -0.0202. The van der Waals surface area contributed by atoms with E-state index >= 15 is 0 Å². The van der Waals surface area contributed by atoms with E-state index in [-0.39, 0.29) is 12.6 Å². The van der Waals surface area contributed by atoms with Crippen LogP contribution >= 0.6 is 0 Å². The molecule has 3 nitrogen and oxygen atoms in total. The second kappa shape index (κ2) is 7.46. The van der Waals surface area contributed by atoms with Crippen LogP contribution in [-0.2, 0) is 6.54 Å². The highest BCUT2D eigenvalue weighted by Gasteiger charge is 2.04. The Morgan fingerprint density at radius 3 is 2.94 bits per heavy atom. The Kier molecular flexibility index (Phi) is 5.82. The molecule has 0 bridgehead atoms. The number of nitrogens with one attached hydrogen (secondary N) is 1. The van der Waals surface area contributed by atoms with Gasteiger partial charge in [0.15, 0.2) is 0 Å². The summed E-state index contributed by atoms with van der Waals surface area (Å²) in [5.41, 5.74) is 1.69. The monoisotopic (exact) mass is 228 g/mol. The van der Waals surface area contributed by atoms with Gasteiger partial charge in [0.2, 0.25) is 0 Å². The second-order valence-electron chi connectivity index (χ2n) is 3.70. The van der Waals surface area contributed by atoms with Crippen LogP contribution in [0.25, 0.3) is 0 Å². The summed E-state index contributed by atoms with van der Waals surface area (Å²) in [5.74, 6) is 5.74. The molecule has 1 aromatic carbocycles. The van der Waals surface area contributed by atoms with Crippen molar-refractivity contribution in [1.82, 2.24) is 5.32 Å². The van der Waals surface area contributed by atoms with Crippen molar-refractivity contribution >= 4 is 0 Å². The van der Waals surface area contributed by atoms with Crippen molar-refractivity contribution < 1.29 is 5.11 Å². The van der Waals surface area contributed by atoms with E-state index in [4.69, 9.17) is 10.4 Å². The molecule has 0 aliphatic rings. The molecule has 0 amide bonds. The molecule has 0 heterocycles. The standard InChI is InChI=1S/C14H16N2O/c1-2-3-7-14(11-17)16-10-13-6-4-5-12(8-13)9-15/h4-6,8,14,16-17H,7,10-11H2,1H3. The summed E-state index contributed by atoms with van der Waals surface area (Å²) in [6, 6.07) is 9.51. The average Bonchev–Trinajstić information content (AvgIpc) is 2.39. The van der Waals surface area contributed by atoms with Crippen LogP contribution in [0, 0.1) is 23.2 Å². The van der Waals surface area contributed by atoms with Crippen LogP contribution in [0.3, 0.4) is 0 Å². The highest BCUT2D eigenvalue weighted by atomic mass is 16.3. The first-order chi connectivity index (χ1) is 8.30. The maximum absolute atomic E-state index is 9.15. The molecule has 0 spiro atoms. The van der Waals surface area contributed by atoms with Crippen LogP contribution < -0.4 is 5.32 Å². The van der Waals surface area contributed by atoms with Gasteiger partial charge in [0, 0.05) is 19.0 Å². The Bertz CT molecular complexity index is 451. The fraction of sp³-hybridized carbons (Fsp3) is 0.357. The van der Waals surface area contributed by atoms with Gasteiger partial charge in [-0.05, 0) is 24.6 Å². The Morgan fingerprint density at radius 1 is 1.47 bits per heavy atom. The van der Waals surface area contributed by atoms with E-state index in [2.05, 4.69) is 23.2 Å². The number of benzene rings is 1. The summed E-state index contributed by atoms with van der Waals surface area (Å²) >= 11 is 0. The molecule has 17 heavy (non-hydrogen) atoms. The first kappa shape index (κ1) is 13.3. The molecule has 0 aromatic heterocycles. The normalized spacial score (nSPS) is 11.1. The summed E-state index contributed by atoms with van der Waals surface area (Å²) in [4.78, 5) is 0. The van der Waals surface area contributed by atoms with Crippen molar-refractivity contribution in [2.24, 2.45) is 0 Å². The third-order valence-electron chi connectivity index (χ3n) is 2.40. The predicted octanol–water partition coefficient (Wildman–Crippen LogP) is 1.42. The molecular weight excluding hydrogens is 212 g/mol. The molecular formula is C14H16N2O. The Hall–Kier alpha value is -1.81. The summed E-state index contributed by atoms with van der Waals surface area (Å²) in [6.45, 7) is 2.48. The van der Waals surface area contributed by atoms with Gasteiger partial charge in [0.05, 0.1) is 18.2 Å². The second-order valence-corrected chi connectivity index (χ2v) is 3.70. The van der Waals surface area contributed by atoms with Gasteiger partial charge in [-0.25, -0.2) is 0 Å². The van der Waals surface area contributed by atoms with Crippen molar-refractivity contribution in [3.05, 3.63) is 35.4 Å². The van der Waals surface area contributed by atoms with Gasteiger partial charge in [0.25, 0.3) is 0 Å². The highest BCUT2D eigenvalue weighted by molar-refractivity contribution is 5.32. The topological polar surface area (TPSA) is 56.0 Å². The van der Waals surface area contributed by atoms with Crippen LogP contribution in [0.5, 0.6) is 0 Å². The third kappa shape index (κ3) is 4.70. The number of hydrogen-bond donors (Lipinski definition) is 2. The number of aliphatic hydroxyl groups excluding tert-OH is 1. The summed E-state index contributed by atoms with van der Waals surface area (Å²) < 4.78 is 0. The van der Waals surface area contributed by atoms with E-state index in [1.54, 1.807) is 13.0 Å². The van der Waals surface area contributed by atoms with E-state index in [1.165, 1.54) is 0 Å². The molecule has 0 aliphatic carbocycles. The van der Waals surface area contributed by atoms with E-state index in [9.17, 15) is 0 Å². The molecule has 1 rings (SSSR count). The number of nitriles is 1. The summed E-state index contributed by atoms with van der Waals surface area (Å²) in [5, 5.41) is 21.1. The lowest BCUT2D eigenvalue weighted by molar-refractivity contribution is 0.243. The molecule has 0 saturated heterocycles. The molecule has 1 aromatic rings. The summed E-state index contributed by atoms with van der Waals surface area (Å²) in [6.07, 6.45) is 0.630. The lowest BCUT2D eigenvalue weighted by Gasteiger charge is -2.13. The minimum absolute atomic E-state index is 0.0202. The molecule has 2 N–H and O–H groups in total.